The summed E-state index contributed by atoms with van der Waals surface area (Å²) in [5.41, 5.74) is 0.158. The molecule has 1 amide bonds. The van der Waals surface area contributed by atoms with Crippen LogP contribution >= 0.6 is 0 Å². The van der Waals surface area contributed by atoms with Gasteiger partial charge in [-0.15, -0.1) is 0 Å². The van der Waals surface area contributed by atoms with Gasteiger partial charge in [-0.2, -0.15) is 0 Å². The molecule has 1 aromatic rings. The molecular formula is C18H25FN2O3. The Morgan fingerprint density at radius 2 is 2.04 bits per heavy atom. The number of rotatable bonds is 6. The van der Waals surface area contributed by atoms with Gasteiger partial charge >= 0.3 is 0 Å². The first kappa shape index (κ1) is 17.3. The molecule has 2 heterocycles. The number of carbonyl (C=O) groups is 1. The third-order valence-electron chi connectivity index (χ3n) is 4.64. The van der Waals surface area contributed by atoms with E-state index in [1.54, 1.807) is 23.1 Å². The second kappa shape index (κ2) is 8.55. The Labute approximate surface area is 142 Å². The van der Waals surface area contributed by atoms with Crippen molar-refractivity contribution in [1.29, 1.82) is 0 Å². The molecule has 24 heavy (non-hydrogen) atoms. The molecule has 0 unspecified atom stereocenters. The van der Waals surface area contributed by atoms with Crippen LogP contribution in [0.3, 0.4) is 0 Å². The normalized spacial score (nSPS) is 22.0. The van der Waals surface area contributed by atoms with Crippen LogP contribution in [0.5, 0.6) is 0 Å². The summed E-state index contributed by atoms with van der Waals surface area (Å²) in [6, 6.07) is 6.16. The van der Waals surface area contributed by atoms with Crippen molar-refractivity contribution >= 4 is 5.91 Å². The fraction of sp³-hybridized carbons (Fsp3) is 0.611. The van der Waals surface area contributed by atoms with Gasteiger partial charge in [-0.25, -0.2) is 4.39 Å². The molecule has 6 heteroatoms. The largest absolute Gasteiger partial charge is 0.377 e. The summed E-state index contributed by atoms with van der Waals surface area (Å²) in [4.78, 5) is 16.4. The number of hydrogen-bond acceptors (Lipinski definition) is 4. The van der Waals surface area contributed by atoms with Crippen LogP contribution in [0.25, 0.3) is 0 Å². The molecule has 2 saturated heterocycles. The van der Waals surface area contributed by atoms with Crippen molar-refractivity contribution in [2.45, 2.75) is 18.9 Å². The Kier molecular flexibility index (Phi) is 6.18. The highest BCUT2D eigenvalue weighted by Gasteiger charge is 2.23. The quantitative estimate of drug-likeness (QED) is 0.743. The maximum atomic E-state index is 13.7. The standard InChI is InChI=1S/C18H25FN2O3/c19-17-6-2-1-5-16(17)18(22)21-9-7-20(8-10-21)11-13-23-14-15-4-3-12-24-15/h1-2,5-6,15H,3-4,7-14H2/t15-/m0/s1. The Hall–Kier alpha value is -1.50. The van der Waals surface area contributed by atoms with E-state index in [0.717, 1.165) is 39.1 Å². The van der Waals surface area contributed by atoms with Gasteiger partial charge in [-0.1, -0.05) is 12.1 Å². The highest BCUT2D eigenvalue weighted by molar-refractivity contribution is 5.94. The van der Waals surface area contributed by atoms with Gasteiger partial charge < -0.3 is 14.4 Å². The molecule has 3 rings (SSSR count). The smallest absolute Gasteiger partial charge is 0.256 e. The lowest BCUT2D eigenvalue weighted by molar-refractivity contribution is 0.00655. The molecule has 0 radical (unpaired) electrons. The second-order valence-corrected chi connectivity index (χ2v) is 6.32. The fourth-order valence-electron chi connectivity index (χ4n) is 3.16. The number of nitrogens with zero attached hydrogens (tertiary/aromatic N) is 2. The molecule has 2 fully saturated rings. The summed E-state index contributed by atoms with van der Waals surface area (Å²) in [6.45, 7) is 5.90. The van der Waals surface area contributed by atoms with Gasteiger partial charge in [0.2, 0.25) is 0 Å². The molecule has 2 aliphatic heterocycles. The molecule has 5 nitrogen and oxygen atoms in total. The lowest BCUT2D eigenvalue weighted by Gasteiger charge is -2.34. The average molecular weight is 336 g/mol. The predicted molar refractivity (Wildman–Crippen MR) is 88.5 cm³/mol. The van der Waals surface area contributed by atoms with Gasteiger partial charge in [-0.3, -0.25) is 9.69 Å². The van der Waals surface area contributed by atoms with Crippen molar-refractivity contribution in [3.8, 4) is 0 Å². The summed E-state index contributed by atoms with van der Waals surface area (Å²) in [7, 11) is 0. The van der Waals surface area contributed by atoms with Crippen molar-refractivity contribution in [1.82, 2.24) is 9.80 Å². The van der Waals surface area contributed by atoms with Gasteiger partial charge in [0.25, 0.3) is 5.91 Å². The minimum absolute atomic E-state index is 0.158. The van der Waals surface area contributed by atoms with Crippen LogP contribution in [0.2, 0.25) is 0 Å². The van der Waals surface area contributed by atoms with E-state index in [1.165, 1.54) is 6.07 Å². The van der Waals surface area contributed by atoms with Gasteiger partial charge in [0.05, 0.1) is 24.9 Å². The molecule has 0 aliphatic carbocycles. The van der Waals surface area contributed by atoms with E-state index in [9.17, 15) is 9.18 Å². The summed E-state index contributed by atoms with van der Waals surface area (Å²) >= 11 is 0. The van der Waals surface area contributed by atoms with Gasteiger partial charge in [0, 0.05) is 39.3 Å². The lowest BCUT2D eigenvalue weighted by atomic mass is 10.1. The first-order valence-corrected chi connectivity index (χ1v) is 8.69. The van der Waals surface area contributed by atoms with E-state index in [2.05, 4.69) is 4.90 Å². The van der Waals surface area contributed by atoms with Crippen molar-refractivity contribution in [2.24, 2.45) is 0 Å². The zero-order chi connectivity index (χ0) is 16.8. The second-order valence-electron chi connectivity index (χ2n) is 6.32. The molecule has 1 atom stereocenters. The summed E-state index contributed by atoms with van der Waals surface area (Å²) in [5, 5.41) is 0. The zero-order valence-corrected chi connectivity index (χ0v) is 14.0. The third-order valence-corrected chi connectivity index (χ3v) is 4.64. The highest BCUT2D eigenvalue weighted by atomic mass is 19.1. The molecule has 0 N–H and O–H groups in total. The monoisotopic (exact) mass is 336 g/mol. The molecule has 0 bridgehead atoms. The number of halogens is 1. The van der Waals surface area contributed by atoms with Crippen LogP contribution in [-0.4, -0.2) is 74.4 Å². The van der Waals surface area contributed by atoms with Crippen LogP contribution in [-0.2, 0) is 9.47 Å². The summed E-state index contributed by atoms with van der Waals surface area (Å²) in [6.07, 6.45) is 2.49. The van der Waals surface area contributed by atoms with Crippen molar-refractivity contribution < 1.29 is 18.7 Å². The first-order valence-electron chi connectivity index (χ1n) is 8.69. The van der Waals surface area contributed by atoms with E-state index in [0.29, 0.717) is 26.3 Å². The van der Waals surface area contributed by atoms with Crippen LogP contribution in [0, 0.1) is 5.82 Å². The van der Waals surface area contributed by atoms with E-state index in [-0.39, 0.29) is 17.6 Å². The number of hydrogen-bond donors (Lipinski definition) is 0. The minimum Gasteiger partial charge on any atom is -0.377 e. The minimum atomic E-state index is -0.451. The number of carbonyl (C=O) groups excluding carboxylic acids is 1. The topological polar surface area (TPSA) is 42.0 Å². The Bertz CT molecular complexity index is 541. The lowest BCUT2D eigenvalue weighted by Crippen LogP contribution is -2.49. The first-order chi connectivity index (χ1) is 11.7. The van der Waals surface area contributed by atoms with E-state index < -0.39 is 5.82 Å². The number of piperazine rings is 1. The van der Waals surface area contributed by atoms with Crippen molar-refractivity contribution in [2.75, 3.05) is 52.5 Å². The SMILES string of the molecule is O=C(c1ccccc1F)N1CCN(CCOC[C@@H]2CCCO2)CC1. The molecular weight excluding hydrogens is 311 g/mol. The van der Waals surface area contributed by atoms with Crippen LogP contribution < -0.4 is 0 Å². The molecule has 0 aromatic heterocycles. The average Bonchev–Trinajstić information content (AvgIpc) is 3.13. The molecule has 2 aliphatic rings. The van der Waals surface area contributed by atoms with Gasteiger partial charge in [0.15, 0.2) is 0 Å². The van der Waals surface area contributed by atoms with Crippen molar-refractivity contribution in [3.63, 3.8) is 0 Å². The predicted octanol–water partition coefficient (Wildman–Crippen LogP) is 1.78. The summed E-state index contributed by atoms with van der Waals surface area (Å²) in [5.74, 6) is -0.671. The zero-order valence-electron chi connectivity index (χ0n) is 14.0. The fourth-order valence-corrected chi connectivity index (χ4v) is 3.16. The van der Waals surface area contributed by atoms with Gasteiger partial charge in [0.1, 0.15) is 5.82 Å². The highest BCUT2D eigenvalue weighted by Crippen LogP contribution is 2.13. The Balaban J connectivity index is 1.36. The maximum absolute atomic E-state index is 13.7. The van der Waals surface area contributed by atoms with Crippen LogP contribution in [0.4, 0.5) is 4.39 Å². The van der Waals surface area contributed by atoms with Crippen LogP contribution in [0.15, 0.2) is 24.3 Å². The van der Waals surface area contributed by atoms with Gasteiger partial charge in [-0.05, 0) is 25.0 Å². The third kappa shape index (κ3) is 4.53. The number of benzene rings is 1. The Morgan fingerprint density at radius 3 is 2.75 bits per heavy atom. The van der Waals surface area contributed by atoms with Crippen LogP contribution in [0.1, 0.15) is 23.2 Å². The van der Waals surface area contributed by atoms with E-state index in [4.69, 9.17) is 9.47 Å². The molecule has 0 spiro atoms. The van der Waals surface area contributed by atoms with E-state index >= 15 is 0 Å². The number of amides is 1. The molecule has 132 valence electrons. The van der Waals surface area contributed by atoms with E-state index in [1.807, 2.05) is 0 Å². The Morgan fingerprint density at radius 1 is 1.25 bits per heavy atom. The maximum Gasteiger partial charge on any atom is 0.256 e. The number of ether oxygens (including phenoxy) is 2. The summed E-state index contributed by atoms with van der Waals surface area (Å²) < 4.78 is 24.9. The molecule has 0 saturated carbocycles. The van der Waals surface area contributed by atoms with Crippen molar-refractivity contribution in [3.05, 3.63) is 35.6 Å². The molecule has 1 aromatic carbocycles.